The van der Waals surface area contributed by atoms with Gasteiger partial charge in [0, 0.05) is 31.9 Å². The molecule has 2 N–H and O–H groups in total. The molecule has 0 saturated carbocycles. The van der Waals surface area contributed by atoms with Crippen molar-refractivity contribution < 1.29 is 9.53 Å². The lowest BCUT2D eigenvalue weighted by molar-refractivity contribution is -0.126. The van der Waals surface area contributed by atoms with Gasteiger partial charge in [0.15, 0.2) is 0 Å². The Labute approximate surface area is 130 Å². The summed E-state index contributed by atoms with van der Waals surface area (Å²) < 4.78 is 5.11. The molecule has 0 bridgehead atoms. The van der Waals surface area contributed by atoms with Crippen molar-refractivity contribution in [3.63, 3.8) is 0 Å². The third kappa shape index (κ3) is 3.67. The van der Waals surface area contributed by atoms with E-state index in [0.717, 1.165) is 26.2 Å². The van der Waals surface area contributed by atoms with Gasteiger partial charge in [0.1, 0.15) is 5.75 Å². The van der Waals surface area contributed by atoms with Crippen LogP contribution in [0.4, 0.5) is 5.69 Å². The molecule has 0 spiro atoms. The van der Waals surface area contributed by atoms with Crippen molar-refractivity contribution in [3.05, 3.63) is 23.2 Å². The molecule has 1 fully saturated rings. The Morgan fingerprint density at radius 1 is 1.38 bits per heavy atom. The number of benzene rings is 1. The first kappa shape index (κ1) is 16.1. The maximum absolute atomic E-state index is 12.6. The quantitative estimate of drug-likeness (QED) is 0.892. The number of nitrogens with zero attached hydrogens (tertiary/aromatic N) is 1. The Bertz CT molecular complexity index is 514. The smallest absolute Gasteiger partial charge is 0.244 e. The Balaban J connectivity index is 2.07. The highest BCUT2D eigenvalue weighted by Gasteiger charge is 2.35. The monoisotopic (exact) mass is 311 g/mol. The van der Waals surface area contributed by atoms with Gasteiger partial charge in [-0.2, -0.15) is 0 Å². The third-order valence-corrected chi connectivity index (χ3v) is 4.17. The molecule has 1 aliphatic rings. The van der Waals surface area contributed by atoms with Gasteiger partial charge in [-0.05, 0) is 32.0 Å². The maximum Gasteiger partial charge on any atom is 0.244 e. The van der Waals surface area contributed by atoms with Gasteiger partial charge in [0.25, 0.3) is 0 Å². The summed E-state index contributed by atoms with van der Waals surface area (Å²) in [5.74, 6) is 0.557. The number of piperazine rings is 1. The molecular weight excluding hydrogens is 290 g/mol. The number of nitrogens with one attached hydrogen (secondary N) is 2. The average molecular weight is 312 g/mol. The van der Waals surface area contributed by atoms with Gasteiger partial charge in [-0.1, -0.05) is 11.6 Å². The van der Waals surface area contributed by atoms with E-state index >= 15 is 0 Å². The third-order valence-electron chi connectivity index (χ3n) is 3.87. The molecule has 1 aromatic carbocycles. The second-order valence-corrected chi connectivity index (χ2v) is 6.01. The summed E-state index contributed by atoms with van der Waals surface area (Å²) in [6.07, 6.45) is 0. The molecule has 116 valence electrons. The summed E-state index contributed by atoms with van der Waals surface area (Å²) in [6, 6.07) is 5.23. The maximum atomic E-state index is 12.6. The normalized spacial score (nSPS) is 16.6. The van der Waals surface area contributed by atoms with Crippen LogP contribution in [0.2, 0.25) is 5.02 Å². The van der Waals surface area contributed by atoms with Gasteiger partial charge in [-0.3, -0.25) is 9.69 Å². The van der Waals surface area contributed by atoms with E-state index in [9.17, 15) is 4.79 Å². The van der Waals surface area contributed by atoms with Crippen LogP contribution in [0.5, 0.6) is 5.75 Å². The van der Waals surface area contributed by atoms with E-state index in [1.165, 1.54) is 0 Å². The first-order valence-corrected chi connectivity index (χ1v) is 7.43. The molecular formula is C15H22ClN3O2. The van der Waals surface area contributed by atoms with Crippen LogP contribution in [0.25, 0.3) is 0 Å². The number of methoxy groups -OCH3 is 1. The molecule has 0 atom stereocenters. The van der Waals surface area contributed by atoms with E-state index in [4.69, 9.17) is 16.3 Å². The van der Waals surface area contributed by atoms with Crippen molar-refractivity contribution >= 4 is 23.2 Å². The second-order valence-electron chi connectivity index (χ2n) is 5.60. The molecule has 0 aliphatic carbocycles. The zero-order chi connectivity index (χ0) is 15.5. The van der Waals surface area contributed by atoms with Crippen LogP contribution in [0.15, 0.2) is 18.2 Å². The molecule has 0 unspecified atom stereocenters. The number of halogens is 1. The van der Waals surface area contributed by atoms with Crippen molar-refractivity contribution in [1.82, 2.24) is 10.2 Å². The molecule has 2 rings (SSSR count). The molecule has 6 heteroatoms. The predicted octanol–water partition coefficient (Wildman–Crippen LogP) is 1.97. The van der Waals surface area contributed by atoms with Crippen LogP contribution in [-0.2, 0) is 4.79 Å². The fraction of sp³-hybridized carbons (Fsp3) is 0.533. The molecule has 1 aliphatic heterocycles. The van der Waals surface area contributed by atoms with E-state index in [2.05, 4.69) is 15.5 Å². The minimum Gasteiger partial charge on any atom is -0.495 e. The minimum atomic E-state index is -0.561. The van der Waals surface area contributed by atoms with Gasteiger partial charge < -0.3 is 15.4 Å². The lowest BCUT2D eigenvalue weighted by Gasteiger charge is -2.39. The van der Waals surface area contributed by atoms with Crippen LogP contribution in [0.3, 0.4) is 0 Å². The van der Waals surface area contributed by atoms with E-state index < -0.39 is 5.54 Å². The van der Waals surface area contributed by atoms with Crippen LogP contribution >= 0.6 is 11.6 Å². The van der Waals surface area contributed by atoms with Crippen LogP contribution in [0.1, 0.15) is 13.8 Å². The van der Waals surface area contributed by atoms with Crippen molar-refractivity contribution in [1.29, 1.82) is 0 Å². The van der Waals surface area contributed by atoms with Crippen molar-refractivity contribution in [2.75, 3.05) is 38.6 Å². The lowest BCUT2D eigenvalue weighted by Crippen LogP contribution is -2.58. The lowest BCUT2D eigenvalue weighted by atomic mass is 10.0. The SMILES string of the molecule is COc1ccc(NC(=O)C(C)(C)N2CCNCC2)cc1Cl. The van der Waals surface area contributed by atoms with Crippen molar-refractivity contribution in [2.24, 2.45) is 0 Å². The zero-order valence-corrected chi connectivity index (χ0v) is 13.5. The van der Waals surface area contributed by atoms with Crippen LogP contribution in [-0.4, -0.2) is 49.6 Å². The van der Waals surface area contributed by atoms with Gasteiger partial charge in [0.05, 0.1) is 17.7 Å². The highest BCUT2D eigenvalue weighted by Crippen LogP contribution is 2.28. The van der Waals surface area contributed by atoms with Gasteiger partial charge in [-0.25, -0.2) is 0 Å². The second kappa shape index (κ2) is 6.64. The molecule has 21 heavy (non-hydrogen) atoms. The van der Waals surface area contributed by atoms with Gasteiger partial charge in [0.2, 0.25) is 5.91 Å². The number of rotatable bonds is 4. The topological polar surface area (TPSA) is 53.6 Å². The molecule has 1 heterocycles. The summed E-state index contributed by atoms with van der Waals surface area (Å²) in [7, 11) is 1.56. The number of anilines is 1. The van der Waals surface area contributed by atoms with Crippen LogP contribution < -0.4 is 15.4 Å². The summed E-state index contributed by atoms with van der Waals surface area (Å²) in [5.41, 5.74) is 0.114. The average Bonchev–Trinajstić information content (AvgIpc) is 2.48. The Morgan fingerprint density at radius 2 is 2.05 bits per heavy atom. The Morgan fingerprint density at radius 3 is 2.62 bits per heavy atom. The molecule has 1 saturated heterocycles. The summed E-state index contributed by atoms with van der Waals surface area (Å²) >= 11 is 6.08. The number of hydrogen-bond donors (Lipinski definition) is 2. The standard InChI is InChI=1S/C15H22ClN3O2/c1-15(2,19-8-6-17-7-9-19)14(20)18-11-4-5-13(21-3)12(16)10-11/h4-5,10,17H,6-9H2,1-3H3,(H,18,20). The first-order chi connectivity index (χ1) is 9.95. The van der Waals surface area contributed by atoms with Crippen LogP contribution in [0, 0.1) is 0 Å². The Hall–Kier alpha value is -1.30. The molecule has 1 aromatic rings. The predicted molar refractivity (Wildman–Crippen MR) is 85.2 cm³/mol. The summed E-state index contributed by atoms with van der Waals surface area (Å²) in [5, 5.41) is 6.70. The first-order valence-electron chi connectivity index (χ1n) is 7.06. The highest BCUT2D eigenvalue weighted by atomic mass is 35.5. The fourth-order valence-electron chi connectivity index (χ4n) is 2.40. The summed E-state index contributed by atoms with van der Waals surface area (Å²) in [6.45, 7) is 7.43. The summed E-state index contributed by atoms with van der Waals surface area (Å²) in [4.78, 5) is 14.7. The highest BCUT2D eigenvalue weighted by molar-refractivity contribution is 6.32. The molecule has 0 radical (unpaired) electrons. The minimum absolute atomic E-state index is 0.0365. The molecule has 5 nitrogen and oxygen atoms in total. The number of hydrogen-bond acceptors (Lipinski definition) is 4. The number of carbonyl (C=O) groups excluding carboxylic acids is 1. The Kier molecular flexibility index (Phi) is 5.08. The molecule has 1 amide bonds. The van der Waals surface area contributed by atoms with Gasteiger partial charge in [-0.15, -0.1) is 0 Å². The number of amides is 1. The fourth-order valence-corrected chi connectivity index (χ4v) is 2.65. The van der Waals surface area contributed by atoms with E-state index in [0.29, 0.717) is 16.5 Å². The number of ether oxygens (including phenoxy) is 1. The zero-order valence-electron chi connectivity index (χ0n) is 12.7. The van der Waals surface area contributed by atoms with Crippen molar-refractivity contribution in [3.8, 4) is 5.75 Å². The van der Waals surface area contributed by atoms with E-state index in [-0.39, 0.29) is 5.91 Å². The van der Waals surface area contributed by atoms with Crippen molar-refractivity contribution in [2.45, 2.75) is 19.4 Å². The van der Waals surface area contributed by atoms with E-state index in [1.807, 2.05) is 13.8 Å². The molecule has 0 aromatic heterocycles. The number of carbonyl (C=O) groups is 1. The van der Waals surface area contributed by atoms with E-state index in [1.54, 1.807) is 25.3 Å². The largest absolute Gasteiger partial charge is 0.495 e. The van der Waals surface area contributed by atoms with Gasteiger partial charge >= 0.3 is 0 Å².